The molecule has 1 aliphatic heterocycles. The minimum Gasteiger partial charge on any atom is -0.463 e. The van der Waals surface area contributed by atoms with Crippen molar-refractivity contribution in [2.75, 3.05) is 19.7 Å². The van der Waals surface area contributed by atoms with Crippen LogP contribution in [0.25, 0.3) is 0 Å². The summed E-state index contributed by atoms with van der Waals surface area (Å²) in [7, 11) is 1.80. The average molecular weight is 345 g/mol. The molecule has 132 valence electrons. The largest absolute Gasteiger partial charge is 0.463 e. The molecular formula is C17H20FN5O2. The van der Waals surface area contributed by atoms with Gasteiger partial charge in [-0.15, -0.1) is 0 Å². The number of carbonyl (C=O) groups excluding carboxylic acids is 1. The Morgan fingerprint density at radius 2 is 2.20 bits per heavy atom. The lowest BCUT2D eigenvalue weighted by molar-refractivity contribution is 0.0742. The third kappa shape index (κ3) is 2.96. The van der Waals surface area contributed by atoms with Gasteiger partial charge in [0.15, 0.2) is 5.82 Å². The van der Waals surface area contributed by atoms with Gasteiger partial charge in [0, 0.05) is 31.7 Å². The minimum absolute atomic E-state index is 0.0138. The fourth-order valence-corrected chi connectivity index (χ4v) is 4.10. The quantitative estimate of drug-likeness (QED) is 0.843. The summed E-state index contributed by atoms with van der Waals surface area (Å²) < 4.78 is 20.3. The summed E-state index contributed by atoms with van der Waals surface area (Å²) in [5.74, 6) is -0.0631. The zero-order chi connectivity index (χ0) is 17.4. The SMILES string of the molecule is Cn1cc(C(=O)N2CC3CCCC3(COc3ncc(F)cn3)C2)cn1. The van der Waals surface area contributed by atoms with Crippen LogP contribution < -0.4 is 4.74 Å². The zero-order valence-electron chi connectivity index (χ0n) is 14.1. The second-order valence-corrected chi connectivity index (χ2v) is 7.01. The van der Waals surface area contributed by atoms with Gasteiger partial charge < -0.3 is 9.64 Å². The van der Waals surface area contributed by atoms with Crippen LogP contribution in [-0.2, 0) is 7.05 Å². The second kappa shape index (κ2) is 6.09. The van der Waals surface area contributed by atoms with Gasteiger partial charge in [-0.25, -0.2) is 14.4 Å². The highest BCUT2D eigenvalue weighted by Gasteiger charge is 2.51. The minimum atomic E-state index is -0.488. The Morgan fingerprint density at radius 3 is 2.92 bits per heavy atom. The summed E-state index contributed by atoms with van der Waals surface area (Å²) in [4.78, 5) is 22.3. The van der Waals surface area contributed by atoms with Gasteiger partial charge in [0.2, 0.25) is 0 Å². The molecule has 25 heavy (non-hydrogen) atoms. The first-order valence-corrected chi connectivity index (χ1v) is 8.44. The van der Waals surface area contributed by atoms with Crippen LogP contribution in [0.1, 0.15) is 29.6 Å². The van der Waals surface area contributed by atoms with E-state index in [9.17, 15) is 9.18 Å². The number of rotatable bonds is 4. The van der Waals surface area contributed by atoms with E-state index in [4.69, 9.17) is 4.74 Å². The normalized spacial score (nSPS) is 25.2. The van der Waals surface area contributed by atoms with E-state index in [0.29, 0.717) is 24.6 Å². The van der Waals surface area contributed by atoms with E-state index in [1.165, 1.54) is 0 Å². The molecule has 3 heterocycles. The first-order valence-electron chi connectivity index (χ1n) is 8.44. The molecule has 0 bridgehead atoms. The molecule has 2 fully saturated rings. The molecule has 8 heteroatoms. The number of halogens is 1. The van der Waals surface area contributed by atoms with Crippen LogP contribution in [0.15, 0.2) is 24.8 Å². The lowest BCUT2D eigenvalue weighted by Gasteiger charge is -2.28. The van der Waals surface area contributed by atoms with Crippen LogP contribution in [0.4, 0.5) is 4.39 Å². The van der Waals surface area contributed by atoms with Crippen molar-refractivity contribution in [2.24, 2.45) is 18.4 Å². The maximum Gasteiger partial charge on any atom is 0.316 e. The van der Waals surface area contributed by atoms with Crippen LogP contribution in [0, 0.1) is 17.2 Å². The van der Waals surface area contributed by atoms with Crippen molar-refractivity contribution in [2.45, 2.75) is 19.3 Å². The van der Waals surface area contributed by atoms with E-state index in [1.54, 1.807) is 24.1 Å². The first-order chi connectivity index (χ1) is 12.1. The van der Waals surface area contributed by atoms with Gasteiger partial charge in [-0.3, -0.25) is 9.48 Å². The standard InChI is InChI=1S/C17H20FN5O2/c1-22-8-12(5-21-22)15(24)23-9-13-3-2-4-17(13,10-23)11-25-16-19-6-14(18)7-20-16/h5-8,13H,2-4,9-11H2,1H3. The summed E-state index contributed by atoms with van der Waals surface area (Å²) in [5, 5.41) is 4.08. The van der Waals surface area contributed by atoms with Crippen LogP contribution in [0.2, 0.25) is 0 Å². The Kier molecular flexibility index (Phi) is 3.89. The number of aromatic nitrogens is 4. The number of likely N-dealkylation sites (tertiary alicyclic amines) is 1. The van der Waals surface area contributed by atoms with Crippen LogP contribution >= 0.6 is 0 Å². The first kappa shape index (κ1) is 16.0. The Morgan fingerprint density at radius 1 is 1.40 bits per heavy atom. The van der Waals surface area contributed by atoms with Crippen molar-refractivity contribution in [3.8, 4) is 6.01 Å². The predicted octanol–water partition coefficient (Wildman–Crippen LogP) is 1.67. The maximum atomic E-state index is 12.9. The molecular weight excluding hydrogens is 325 g/mol. The van der Waals surface area contributed by atoms with Gasteiger partial charge in [0.1, 0.15) is 0 Å². The van der Waals surface area contributed by atoms with Crippen LogP contribution in [0.3, 0.4) is 0 Å². The second-order valence-electron chi connectivity index (χ2n) is 7.01. The number of carbonyl (C=O) groups is 1. The summed E-state index contributed by atoms with van der Waals surface area (Å²) >= 11 is 0. The molecule has 2 aliphatic rings. The third-order valence-electron chi connectivity index (χ3n) is 5.36. The van der Waals surface area contributed by atoms with Crippen molar-refractivity contribution >= 4 is 5.91 Å². The van der Waals surface area contributed by atoms with Crippen molar-refractivity contribution in [3.05, 3.63) is 36.2 Å². The van der Waals surface area contributed by atoms with E-state index >= 15 is 0 Å². The Hall–Kier alpha value is -2.51. The summed E-state index contributed by atoms with van der Waals surface area (Å²) in [5.41, 5.74) is 0.538. The van der Waals surface area contributed by atoms with E-state index in [-0.39, 0.29) is 17.3 Å². The molecule has 2 aromatic heterocycles. The van der Waals surface area contributed by atoms with Gasteiger partial charge in [0.05, 0.1) is 30.8 Å². The van der Waals surface area contributed by atoms with Crippen molar-refractivity contribution < 1.29 is 13.9 Å². The van der Waals surface area contributed by atoms with Gasteiger partial charge >= 0.3 is 6.01 Å². The number of fused-ring (bicyclic) bond motifs is 1. The van der Waals surface area contributed by atoms with E-state index in [2.05, 4.69) is 15.1 Å². The molecule has 0 radical (unpaired) electrons. The Balaban J connectivity index is 1.46. The van der Waals surface area contributed by atoms with Gasteiger partial charge in [0.25, 0.3) is 5.91 Å². The molecule has 1 saturated carbocycles. The molecule has 1 saturated heterocycles. The highest BCUT2D eigenvalue weighted by Crippen LogP contribution is 2.49. The molecule has 1 aliphatic carbocycles. The molecule has 2 unspecified atom stereocenters. The van der Waals surface area contributed by atoms with Gasteiger partial charge in [-0.05, 0) is 18.8 Å². The zero-order valence-corrected chi connectivity index (χ0v) is 14.1. The topological polar surface area (TPSA) is 73.1 Å². The summed E-state index contributed by atoms with van der Waals surface area (Å²) in [6, 6.07) is 0.179. The monoisotopic (exact) mass is 345 g/mol. The fraction of sp³-hybridized carbons (Fsp3) is 0.529. The van der Waals surface area contributed by atoms with Crippen molar-refractivity contribution in [1.29, 1.82) is 0 Å². The van der Waals surface area contributed by atoms with Gasteiger partial charge in [-0.1, -0.05) is 6.42 Å². The molecule has 0 N–H and O–H groups in total. The Bertz CT molecular complexity index is 778. The molecule has 4 rings (SSSR count). The molecule has 2 aromatic rings. The number of hydrogen-bond donors (Lipinski definition) is 0. The molecule has 7 nitrogen and oxygen atoms in total. The average Bonchev–Trinajstić information content (AvgIpc) is 3.27. The van der Waals surface area contributed by atoms with Crippen molar-refractivity contribution in [3.63, 3.8) is 0 Å². The summed E-state index contributed by atoms with van der Waals surface area (Å²) in [6.45, 7) is 1.84. The molecule has 0 spiro atoms. The van der Waals surface area contributed by atoms with Gasteiger partial charge in [-0.2, -0.15) is 5.10 Å². The molecule has 1 amide bonds. The predicted molar refractivity (Wildman–Crippen MR) is 86.4 cm³/mol. The van der Waals surface area contributed by atoms with Crippen molar-refractivity contribution in [1.82, 2.24) is 24.6 Å². The van der Waals surface area contributed by atoms with Crippen LogP contribution in [-0.4, -0.2) is 50.3 Å². The number of nitrogens with zero attached hydrogens (tertiary/aromatic N) is 5. The van der Waals surface area contributed by atoms with E-state index in [1.807, 2.05) is 4.90 Å². The van der Waals surface area contributed by atoms with E-state index < -0.39 is 5.82 Å². The number of ether oxygens (including phenoxy) is 1. The Labute approximate surface area is 144 Å². The fourth-order valence-electron chi connectivity index (χ4n) is 4.10. The highest BCUT2D eigenvalue weighted by atomic mass is 19.1. The lowest BCUT2D eigenvalue weighted by Crippen LogP contribution is -2.35. The summed E-state index contributed by atoms with van der Waals surface area (Å²) in [6.07, 6.45) is 8.77. The smallest absolute Gasteiger partial charge is 0.316 e. The number of hydrogen-bond acceptors (Lipinski definition) is 5. The maximum absolute atomic E-state index is 12.9. The number of amides is 1. The van der Waals surface area contributed by atoms with E-state index in [0.717, 1.165) is 38.2 Å². The highest BCUT2D eigenvalue weighted by molar-refractivity contribution is 5.94. The third-order valence-corrected chi connectivity index (χ3v) is 5.36. The number of aryl methyl sites for hydroxylation is 1. The molecule has 2 atom stereocenters. The lowest BCUT2D eigenvalue weighted by atomic mass is 9.82. The van der Waals surface area contributed by atoms with Crippen LogP contribution in [0.5, 0.6) is 6.01 Å². The molecule has 0 aromatic carbocycles.